The highest BCUT2D eigenvalue weighted by molar-refractivity contribution is 7.79. The molecule has 160 valence electrons. The molecule has 2 fully saturated rings. The minimum atomic E-state index is -2.06. The van der Waals surface area contributed by atoms with Gasteiger partial charge >= 0.3 is 0 Å². The van der Waals surface area contributed by atoms with Gasteiger partial charge in [0.1, 0.15) is 0 Å². The van der Waals surface area contributed by atoms with Crippen molar-refractivity contribution in [2.75, 3.05) is 13.1 Å². The van der Waals surface area contributed by atoms with Gasteiger partial charge in [0.15, 0.2) is 5.65 Å². The van der Waals surface area contributed by atoms with Crippen LogP contribution in [0.5, 0.6) is 0 Å². The number of rotatable bonds is 4. The molecule has 5 rings (SSSR count). The number of nitrogens with zero attached hydrogens (tertiary/aromatic N) is 4. The number of H-pyrrole nitrogens is 1. The molecule has 30 heavy (non-hydrogen) atoms. The smallest absolute Gasteiger partial charge is 0.159 e. The summed E-state index contributed by atoms with van der Waals surface area (Å²) in [6.45, 7) is 4.03. The molecule has 3 unspecified atom stereocenters. The molecule has 3 atom stereocenters. The molecule has 3 aromatic rings. The zero-order valence-electron chi connectivity index (χ0n) is 17.3. The van der Waals surface area contributed by atoms with Crippen molar-refractivity contribution in [1.29, 1.82) is 0 Å². The average Bonchev–Trinajstić information content (AvgIpc) is 3.23. The monoisotopic (exact) mass is 426 g/mol. The van der Waals surface area contributed by atoms with Crippen LogP contribution in [0.15, 0.2) is 24.7 Å². The number of pyridine rings is 1. The Morgan fingerprint density at radius 1 is 1.20 bits per heavy atom. The summed E-state index contributed by atoms with van der Waals surface area (Å²) in [5, 5.41) is 9.30. The van der Waals surface area contributed by atoms with E-state index in [1.165, 1.54) is 12.0 Å². The molecule has 1 aliphatic carbocycles. The van der Waals surface area contributed by atoms with E-state index in [-0.39, 0.29) is 11.3 Å². The molecular weight excluding hydrogens is 398 g/mol. The number of piperidine rings is 1. The second kappa shape index (κ2) is 8.32. The van der Waals surface area contributed by atoms with E-state index >= 15 is 0 Å². The van der Waals surface area contributed by atoms with E-state index < -0.39 is 11.1 Å². The lowest BCUT2D eigenvalue weighted by Crippen LogP contribution is -2.48. The molecule has 4 heterocycles. The number of nitrogens with one attached hydrogen (secondary N) is 1. The van der Waals surface area contributed by atoms with Crippen LogP contribution in [0.4, 0.5) is 0 Å². The molecule has 1 aliphatic heterocycles. The molecular formula is C22H28N5O2S-. The molecule has 3 aromatic heterocycles. The lowest BCUT2D eigenvalue weighted by molar-refractivity contribution is 0.115. The summed E-state index contributed by atoms with van der Waals surface area (Å²) in [7, 11) is 0. The number of likely N-dealkylation sites (tertiary alicyclic amines) is 1. The maximum atomic E-state index is 12.2. The van der Waals surface area contributed by atoms with Crippen LogP contribution in [0.3, 0.4) is 0 Å². The normalized spacial score (nSPS) is 28.0. The predicted molar refractivity (Wildman–Crippen MR) is 117 cm³/mol. The topological polar surface area (TPSA) is 97.8 Å². The highest BCUT2D eigenvalue weighted by Crippen LogP contribution is 2.42. The summed E-state index contributed by atoms with van der Waals surface area (Å²) in [6, 6.07) is 2.02. The Hall–Kier alpha value is -1.90. The van der Waals surface area contributed by atoms with E-state index in [1.807, 2.05) is 12.3 Å². The van der Waals surface area contributed by atoms with Crippen LogP contribution in [0, 0.1) is 11.8 Å². The summed E-state index contributed by atoms with van der Waals surface area (Å²) in [4.78, 5) is 11.0. The SMILES string of the molecule is CC1CCCN(C(C2CCC(c3cn[nH]c4cnc5nccc5c34)CC2)S(=O)[O-])C1. The van der Waals surface area contributed by atoms with Crippen molar-refractivity contribution >= 4 is 33.0 Å². The summed E-state index contributed by atoms with van der Waals surface area (Å²) in [5.41, 5.74) is 2.92. The van der Waals surface area contributed by atoms with E-state index in [4.69, 9.17) is 0 Å². The molecule has 1 N–H and O–H groups in total. The first-order valence-electron chi connectivity index (χ1n) is 11.0. The van der Waals surface area contributed by atoms with Gasteiger partial charge < -0.3 is 4.55 Å². The summed E-state index contributed by atoms with van der Waals surface area (Å²) in [5.74, 6) is 1.17. The highest BCUT2D eigenvalue weighted by Gasteiger charge is 2.34. The lowest BCUT2D eigenvalue weighted by Gasteiger charge is -2.44. The first-order chi connectivity index (χ1) is 14.6. The summed E-state index contributed by atoms with van der Waals surface area (Å²) in [6.07, 6.45) is 11.7. The van der Waals surface area contributed by atoms with Gasteiger partial charge in [-0.15, -0.1) is 0 Å². The fourth-order valence-electron chi connectivity index (χ4n) is 5.65. The highest BCUT2D eigenvalue weighted by atomic mass is 32.2. The van der Waals surface area contributed by atoms with Gasteiger partial charge in [-0.3, -0.25) is 14.2 Å². The van der Waals surface area contributed by atoms with Gasteiger partial charge in [-0.25, -0.2) is 9.97 Å². The van der Waals surface area contributed by atoms with Gasteiger partial charge in [0, 0.05) is 23.5 Å². The Kier molecular flexibility index (Phi) is 5.56. The van der Waals surface area contributed by atoms with Crippen LogP contribution >= 0.6 is 0 Å². The van der Waals surface area contributed by atoms with Crippen molar-refractivity contribution in [2.24, 2.45) is 11.8 Å². The van der Waals surface area contributed by atoms with Crippen molar-refractivity contribution in [1.82, 2.24) is 25.1 Å². The number of aromatic nitrogens is 4. The molecule has 7 nitrogen and oxygen atoms in total. The van der Waals surface area contributed by atoms with E-state index in [1.54, 1.807) is 12.4 Å². The maximum absolute atomic E-state index is 12.2. The molecule has 0 bridgehead atoms. The molecule has 0 aromatic carbocycles. The molecule has 0 amide bonds. The van der Waals surface area contributed by atoms with Gasteiger partial charge in [-0.1, -0.05) is 6.92 Å². The van der Waals surface area contributed by atoms with Crippen LogP contribution in [0.1, 0.15) is 56.9 Å². The van der Waals surface area contributed by atoms with Gasteiger partial charge in [-0.05, 0) is 85.5 Å². The van der Waals surface area contributed by atoms with Crippen molar-refractivity contribution < 1.29 is 8.76 Å². The molecule has 0 radical (unpaired) electrons. The van der Waals surface area contributed by atoms with Crippen LogP contribution < -0.4 is 0 Å². The summed E-state index contributed by atoms with van der Waals surface area (Å²) < 4.78 is 24.4. The Bertz CT molecular complexity index is 1060. The fraction of sp³-hybridized carbons (Fsp3) is 0.591. The molecule has 1 saturated heterocycles. The average molecular weight is 427 g/mol. The Morgan fingerprint density at radius 2 is 2.03 bits per heavy atom. The first kappa shape index (κ1) is 20.0. The van der Waals surface area contributed by atoms with Crippen molar-refractivity contribution in [3.8, 4) is 0 Å². The van der Waals surface area contributed by atoms with Gasteiger partial charge in [-0.2, -0.15) is 5.10 Å². The van der Waals surface area contributed by atoms with Gasteiger partial charge in [0.2, 0.25) is 0 Å². The lowest BCUT2D eigenvalue weighted by atomic mass is 9.77. The van der Waals surface area contributed by atoms with Gasteiger partial charge in [0.05, 0.1) is 23.3 Å². The Morgan fingerprint density at radius 3 is 2.80 bits per heavy atom. The van der Waals surface area contributed by atoms with Crippen molar-refractivity contribution in [3.63, 3.8) is 0 Å². The largest absolute Gasteiger partial charge is 0.771 e. The zero-order valence-corrected chi connectivity index (χ0v) is 18.1. The van der Waals surface area contributed by atoms with E-state index in [0.29, 0.717) is 11.8 Å². The van der Waals surface area contributed by atoms with E-state index in [9.17, 15) is 8.76 Å². The summed E-state index contributed by atoms with van der Waals surface area (Å²) >= 11 is -2.06. The molecule has 2 aliphatic rings. The van der Waals surface area contributed by atoms with Crippen LogP contribution in [0.25, 0.3) is 21.9 Å². The maximum Gasteiger partial charge on any atom is 0.159 e. The standard InChI is InChI=1S/C22H29N5O2S/c1-14-3-2-10-27(13-14)22(30(28)29)16-6-4-15(5-7-16)18-11-25-26-19-12-24-21-17(20(18)19)8-9-23-21/h8-9,11-12,14-16,22,26H,2-7,10,13H2,1H3,(H,28,29)/p-1. The van der Waals surface area contributed by atoms with Crippen LogP contribution in [0.2, 0.25) is 0 Å². The van der Waals surface area contributed by atoms with E-state index in [2.05, 4.69) is 32.0 Å². The minimum Gasteiger partial charge on any atom is -0.771 e. The third-order valence-corrected chi connectivity index (χ3v) is 8.15. The number of aromatic amines is 1. The first-order valence-corrected chi connectivity index (χ1v) is 12.1. The minimum absolute atomic E-state index is 0.210. The number of hydrogen-bond acceptors (Lipinski definition) is 6. The quantitative estimate of drug-likeness (QED) is 0.639. The second-order valence-electron chi connectivity index (χ2n) is 9.06. The third-order valence-electron chi connectivity index (χ3n) is 7.07. The van der Waals surface area contributed by atoms with Crippen molar-refractivity contribution in [2.45, 2.75) is 56.7 Å². The Labute approximate surface area is 179 Å². The zero-order chi connectivity index (χ0) is 20.7. The fourth-order valence-corrected chi connectivity index (χ4v) is 6.67. The van der Waals surface area contributed by atoms with E-state index in [0.717, 1.165) is 67.1 Å². The van der Waals surface area contributed by atoms with Crippen LogP contribution in [-0.2, 0) is 11.1 Å². The predicted octanol–water partition coefficient (Wildman–Crippen LogP) is 3.72. The number of fused-ring (bicyclic) bond motifs is 3. The molecule has 1 saturated carbocycles. The van der Waals surface area contributed by atoms with Crippen LogP contribution in [-0.4, -0.2) is 52.3 Å². The third kappa shape index (κ3) is 3.65. The van der Waals surface area contributed by atoms with Gasteiger partial charge in [0.25, 0.3) is 0 Å². The second-order valence-corrected chi connectivity index (χ2v) is 10.1. The number of hydrogen-bond donors (Lipinski definition) is 1. The molecule has 8 heteroatoms. The Balaban J connectivity index is 1.38. The van der Waals surface area contributed by atoms with Crippen molar-refractivity contribution in [3.05, 3.63) is 30.2 Å². The molecule has 0 spiro atoms.